The Hall–Kier alpha value is 0. The van der Waals surface area contributed by atoms with E-state index >= 15 is 0 Å². The maximum Gasteiger partial charge on any atom is -0.0386 e. The maximum atomic E-state index is 2.43. The molecule has 0 aromatic heterocycles. The van der Waals surface area contributed by atoms with Gasteiger partial charge in [-0.25, -0.2) is 0 Å². The van der Waals surface area contributed by atoms with Crippen LogP contribution in [-0.2, 0) is 0 Å². The second kappa shape index (κ2) is 3.41. The van der Waals surface area contributed by atoms with E-state index in [4.69, 9.17) is 0 Å². The van der Waals surface area contributed by atoms with Gasteiger partial charge in [0.1, 0.15) is 0 Å². The molecule has 0 aromatic carbocycles. The van der Waals surface area contributed by atoms with E-state index in [0.717, 1.165) is 17.8 Å². The number of hydrogen-bond acceptors (Lipinski definition) is 0. The van der Waals surface area contributed by atoms with Gasteiger partial charge in [0.05, 0.1) is 0 Å². The van der Waals surface area contributed by atoms with Gasteiger partial charge in [0.25, 0.3) is 0 Å². The first-order valence-electron chi connectivity index (χ1n) is 4.75. The molecule has 0 saturated heterocycles. The lowest BCUT2D eigenvalue weighted by atomic mass is 9.89. The first-order valence-corrected chi connectivity index (χ1v) is 4.75. The second-order valence-corrected chi connectivity index (χ2v) is 3.96. The Bertz CT molecular complexity index is 94.2. The van der Waals surface area contributed by atoms with Crippen LogP contribution < -0.4 is 0 Å². The summed E-state index contributed by atoms with van der Waals surface area (Å²) in [6, 6.07) is 0. The molecule has 1 aliphatic carbocycles. The second-order valence-electron chi connectivity index (χ2n) is 3.96. The van der Waals surface area contributed by atoms with Crippen LogP contribution in [0.1, 0.15) is 46.5 Å². The zero-order valence-electron chi connectivity index (χ0n) is 7.56. The summed E-state index contributed by atoms with van der Waals surface area (Å²) >= 11 is 0. The molecule has 1 rings (SSSR count). The van der Waals surface area contributed by atoms with Crippen LogP contribution in [0.5, 0.6) is 0 Å². The third-order valence-electron chi connectivity index (χ3n) is 3.29. The van der Waals surface area contributed by atoms with Crippen molar-refractivity contribution in [2.24, 2.45) is 17.8 Å². The van der Waals surface area contributed by atoms with Crippen molar-refractivity contribution in [1.29, 1.82) is 0 Å². The molecule has 0 amide bonds. The summed E-state index contributed by atoms with van der Waals surface area (Å²) in [6.45, 7) is 7.13. The summed E-state index contributed by atoms with van der Waals surface area (Å²) in [5.41, 5.74) is 0. The molecule has 1 fully saturated rings. The summed E-state index contributed by atoms with van der Waals surface area (Å²) in [5, 5.41) is 0. The van der Waals surface area contributed by atoms with E-state index in [9.17, 15) is 0 Å². The molecule has 3 atom stereocenters. The van der Waals surface area contributed by atoms with Gasteiger partial charge in [-0.05, 0) is 24.2 Å². The van der Waals surface area contributed by atoms with Crippen molar-refractivity contribution in [2.45, 2.75) is 46.5 Å². The summed E-state index contributed by atoms with van der Waals surface area (Å²) in [4.78, 5) is 0. The van der Waals surface area contributed by atoms with Gasteiger partial charge in [-0.2, -0.15) is 0 Å². The third-order valence-corrected chi connectivity index (χ3v) is 3.29. The lowest BCUT2D eigenvalue weighted by Crippen LogP contribution is -2.08. The fourth-order valence-electron chi connectivity index (χ4n) is 2.25. The zero-order valence-corrected chi connectivity index (χ0v) is 7.56. The Kier molecular flexibility index (Phi) is 2.76. The third kappa shape index (κ3) is 1.53. The van der Waals surface area contributed by atoms with Crippen molar-refractivity contribution in [3.8, 4) is 0 Å². The van der Waals surface area contributed by atoms with Crippen LogP contribution in [0.4, 0.5) is 0 Å². The molecule has 10 heavy (non-hydrogen) atoms. The molecule has 0 heteroatoms. The first-order chi connectivity index (χ1) is 4.75. The molecular formula is C10H20. The van der Waals surface area contributed by atoms with Gasteiger partial charge in [-0.1, -0.05) is 40.0 Å². The Morgan fingerprint density at radius 2 is 1.90 bits per heavy atom. The predicted molar refractivity (Wildman–Crippen MR) is 46.0 cm³/mol. The van der Waals surface area contributed by atoms with Crippen molar-refractivity contribution in [2.75, 3.05) is 0 Å². The van der Waals surface area contributed by atoms with Gasteiger partial charge in [0, 0.05) is 0 Å². The van der Waals surface area contributed by atoms with E-state index in [1.54, 1.807) is 0 Å². The average Bonchev–Trinajstić information content (AvgIpc) is 2.20. The van der Waals surface area contributed by atoms with Crippen LogP contribution in [0.15, 0.2) is 0 Å². The van der Waals surface area contributed by atoms with E-state index in [-0.39, 0.29) is 0 Å². The highest BCUT2D eigenvalue weighted by molar-refractivity contribution is 4.78. The van der Waals surface area contributed by atoms with Gasteiger partial charge in [0.2, 0.25) is 0 Å². The molecular weight excluding hydrogens is 120 g/mol. The fraction of sp³-hybridized carbons (Fsp3) is 1.00. The van der Waals surface area contributed by atoms with E-state index in [2.05, 4.69) is 20.8 Å². The quantitative estimate of drug-likeness (QED) is 0.551. The summed E-state index contributed by atoms with van der Waals surface area (Å²) in [5.74, 6) is 3.05. The Morgan fingerprint density at radius 1 is 1.20 bits per heavy atom. The SMILES string of the molecule is CCCC1CCC(C)C1C. The Morgan fingerprint density at radius 3 is 2.30 bits per heavy atom. The van der Waals surface area contributed by atoms with Gasteiger partial charge < -0.3 is 0 Å². The van der Waals surface area contributed by atoms with Gasteiger partial charge in [-0.3, -0.25) is 0 Å². The van der Waals surface area contributed by atoms with Gasteiger partial charge in [0.15, 0.2) is 0 Å². The lowest BCUT2D eigenvalue weighted by molar-refractivity contribution is 0.337. The smallest absolute Gasteiger partial charge is 0.0386 e. The minimum Gasteiger partial charge on any atom is -0.0654 e. The fourth-order valence-corrected chi connectivity index (χ4v) is 2.25. The highest BCUT2D eigenvalue weighted by Crippen LogP contribution is 2.38. The van der Waals surface area contributed by atoms with Crippen LogP contribution in [-0.4, -0.2) is 0 Å². The van der Waals surface area contributed by atoms with Crippen molar-refractivity contribution < 1.29 is 0 Å². The normalized spacial score (nSPS) is 40.5. The van der Waals surface area contributed by atoms with Crippen LogP contribution in [0, 0.1) is 17.8 Å². The average molecular weight is 140 g/mol. The lowest BCUT2D eigenvalue weighted by Gasteiger charge is -2.16. The molecule has 0 aliphatic heterocycles. The molecule has 3 unspecified atom stereocenters. The summed E-state index contributed by atoms with van der Waals surface area (Å²) in [7, 11) is 0. The molecule has 0 spiro atoms. The molecule has 60 valence electrons. The van der Waals surface area contributed by atoms with Crippen LogP contribution in [0.2, 0.25) is 0 Å². The number of rotatable bonds is 2. The standard InChI is InChI=1S/C10H20/c1-4-5-10-7-6-8(2)9(10)3/h8-10H,4-7H2,1-3H3. The largest absolute Gasteiger partial charge is 0.0654 e. The highest BCUT2D eigenvalue weighted by atomic mass is 14.3. The molecule has 1 saturated carbocycles. The predicted octanol–water partition coefficient (Wildman–Crippen LogP) is 3.47. The van der Waals surface area contributed by atoms with Crippen LogP contribution >= 0.6 is 0 Å². The van der Waals surface area contributed by atoms with E-state index in [0.29, 0.717) is 0 Å². The topological polar surface area (TPSA) is 0 Å². The van der Waals surface area contributed by atoms with Gasteiger partial charge in [-0.15, -0.1) is 0 Å². The van der Waals surface area contributed by atoms with Crippen molar-refractivity contribution >= 4 is 0 Å². The van der Waals surface area contributed by atoms with Crippen LogP contribution in [0.3, 0.4) is 0 Å². The molecule has 0 aromatic rings. The summed E-state index contributed by atoms with van der Waals surface area (Å²) in [6.07, 6.45) is 5.81. The zero-order chi connectivity index (χ0) is 7.56. The minimum absolute atomic E-state index is 0.997. The monoisotopic (exact) mass is 140 g/mol. The van der Waals surface area contributed by atoms with Crippen molar-refractivity contribution in [1.82, 2.24) is 0 Å². The number of hydrogen-bond donors (Lipinski definition) is 0. The molecule has 0 N–H and O–H groups in total. The van der Waals surface area contributed by atoms with Crippen LogP contribution in [0.25, 0.3) is 0 Å². The van der Waals surface area contributed by atoms with E-state index in [1.165, 1.54) is 25.7 Å². The molecule has 0 bridgehead atoms. The first kappa shape index (κ1) is 8.10. The molecule has 0 heterocycles. The van der Waals surface area contributed by atoms with Crippen molar-refractivity contribution in [3.05, 3.63) is 0 Å². The Balaban J connectivity index is 2.33. The molecule has 0 nitrogen and oxygen atoms in total. The van der Waals surface area contributed by atoms with E-state index in [1.807, 2.05) is 0 Å². The van der Waals surface area contributed by atoms with E-state index < -0.39 is 0 Å². The highest BCUT2D eigenvalue weighted by Gasteiger charge is 2.28. The minimum atomic E-state index is 0.997. The Labute approximate surface area is 65.0 Å². The van der Waals surface area contributed by atoms with Crippen molar-refractivity contribution in [3.63, 3.8) is 0 Å². The molecule has 0 radical (unpaired) electrons. The summed E-state index contributed by atoms with van der Waals surface area (Å²) < 4.78 is 0. The molecule has 1 aliphatic rings. The van der Waals surface area contributed by atoms with Gasteiger partial charge >= 0.3 is 0 Å². The maximum absolute atomic E-state index is 2.43.